The number of rotatable bonds is 16. The van der Waals surface area contributed by atoms with E-state index in [2.05, 4.69) is 60.4 Å². The minimum atomic E-state index is -0.612. The Hall–Kier alpha value is -2.53. The molecule has 0 bridgehead atoms. The topological polar surface area (TPSA) is 91.1 Å². The predicted octanol–water partition coefficient (Wildman–Crippen LogP) is 8.89. The van der Waals surface area contributed by atoms with Crippen molar-refractivity contribution in [2.45, 2.75) is 79.1 Å². The highest BCUT2D eigenvalue weighted by Crippen LogP contribution is 2.49. The Morgan fingerprint density at radius 2 is 1.60 bits per heavy atom. The SMILES string of the molecule is COc1ccc(COCC2=C(COCc3ccc([N+](=O)[O-])cc3)[C@@H](O)C[C@@H](C)[C@]2(C)CC/C(C)=C/CC/C(C)=C/I)cc1. The fourth-order valence-electron chi connectivity index (χ4n) is 5.59. The molecule has 2 aromatic rings. The zero-order valence-electron chi connectivity index (χ0n) is 26.1. The highest BCUT2D eigenvalue weighted by Gasteiger charge is 2.42. The zero-order chi connectivity index (χ0) is 31.4. The van der Waals surface area contributed by atoms with E-state index < -0.39 is 11.0 Å². The van der Waals surface area contributed by atoms with E-state index in [-0.39, 0.29) is 23.6 Å². The van der Waals surface area contributed by atoms with Crippen LogP contribution < -0.4 is 4.74 Å². The van der Waals surface area contributed by atoms with E-state index >= 15 is 0 Å². The largest absolute Gasteiger partial charge is 0.497 e. The van der Waals surface area contributed by atoms with Crippen LogP contribution in [-0.2, 0) is 22.7 Å². The van der Waals surface area contributed by atoms with Crippen molar-refractivity contribution in [1.82, 2.24) is 0 Å². The van der Waals surface area contributed by atoms with E-state index in [9.17, 15) is 15.2 Å². The summed E-state index contributed by atoms with van der Waals surface area (Å²) < 4.78 is 19.9. The second kappa shape index (κ2) is 17.1. The van der Waals surface area contributed by atoms with Crippen molar-refractivity contribution in [2.75, 3.05) is 20.3 Å². The van der Waals surface area contributed by atoms with Gasteiger partial charge in [0.2, 0.25) is 0 Å². The number of hydrogen-bond acceptors (Lipinski definition) is 6. The molecule has 0 heterocycles. The first kappa shape index (κ1) is 35.0. The molecule has 7 nitrogen and oxygen atoms in total. The van der Waals surface area contributed by atoms with Gasteiger partial charge in [0.05, 0.1) is 44.6 Å². The molecule has 1 aliphatic carbocycles. The lowest BCUT2D eigenvalue weighted by atomic mass is 9.62. The zero-order valence-corrected chi connectivity index (χ0v) is 28.3. The molecule has 43 heavy (non-hydrogen) atoms. The first-order valence-electron chi connectivity index (χ1n) is 14.9. The average Bonchev–Trinajstić information content (AvgIpc) is 3.00. The third-order valence-electron chi connectivity index (χ3n) is 8.75. The summed E-state index contributed by atoms with van der Waals surface area (Å²) in [5, 5.41) is 22.3. The summed E-state index contributed by atoms with van der Waals surface area (Å²) in [4.78, 5) is 10.6. The molecular weight excluding hydrogens is 657 g/mol. The molecule has 0 amide bonds. The van der Waals surface area contributed by atoms with Crippen LogP contribution in [0.15, 0.2) is 81.0 Å². The molecule has 0 saturated carbocycles. The van der Waals surface area contributed by atoms with Gasteiger partial charge < -0.3 is 19.3 Å². The Morgan fingerprint density at radius 1 is 1.00 bits per heavy atom. The van der Waals surface area contributed by atoms with Crippen LogP contribution in [0.3, 0.4) is 0 Å². The Labute approximate surface area is 270 Å². The normalized spacial score (nSPS) is 21.3. The van der Waals surface area contributed by atoms with Crippen molar-refractivity contribution in [1.29, 1.82) is 0 Å². The summed E-state index contributed by atoms with van der Waals surface area (Å²) in [7, 11) is 1.65. The van der Waals surface area contributed by atoms with Crippen LogP contribution in [0.4, 0.5) is 5.69 Å². The molecule has 1 aliphatic rings. The molecule has 0 aromatic heterocycles. The van der Waals surface area contributed by atoms with Gasteiger partial charge in [-0.1, -0.05) is 65.8 Å². The molecule has 0 radical (unpaired) electrons. The number of nitrogens with zero attached hydrogens (tertiary/aromatic N) is 1. The monoisotopic (exact) mass is 703 g/mol. The third kappa shape index (κ3) is 10.3. The number of aliphatic hydroxyl groups excluding tert-OH is 1. The maximum absolute atomic E-state index is 11.3. The van der Waals surface area contributed by atoms with E-state index in [1.54, 1.807) is 19.2 Å². The van der Waals surface area contributed by atoms with Crippen LogP contribution in [0.25, 0.3) is 0 Å². The molecule has 0 saturated heterocycles. The standard InChI is InChI=1S/C35H46INO6/c1-25(7-6-8-26(2)20-36)17-18-35(4)27(3)19-34(38)32(23-42-21-28-9-13-30(14-10-28)37(39)40)33(35)24-43-22-29-11-15-31(41-5)16-12-29/h7,9-16,20,27,34,38H,6,8,17-19,21-24H2,1-5H3/b25-7+,26-20+/t27-,34+,35+/m1/s1. The maximum atomic E-state index is 11.3. The maximum Gasteiger partial charge on any atom is 0.269 e. The second-order valence-electron chi connectivity index (χ2n) is 11.9. The predicted molar refractivity (Wildman–Crippen MR) is 180 cm³/mol. The minimum Gasteiger partial charge on any atom is -0.497 e. The number of ether oxygens (including phenoxy) is 3. The lowest BCUT2D eigenvalue weighted by Crippen LogP contribution is -2.40. The second-order valence-corrected chi connectivity index (χ2v) is 12.5. The number of hydrogen-bond donors (Lipinski definition) is 1. The lowest BCUT2D eigenvalue weighted by molar-refractivity contribution is -0.384. The molecule has 3 atom stereocenters. The van der Waals surface area contributed by atoms with Crippen molar-refractivity contribution in [3.05, 3.63) is 102 Å². The van der Waals surface area contributed by atoms with Crippen LogP contribution in [0.2, 0.25) is 0 Å². The number of allylic oxidation sites excluding steroid dienone is 3. The minimum absolute atomic E-state index is 0.0520. The van der Waals surface area contributed by atoms with E-state index in [4.69, 9.17) is 14.2 Å². The summed E-state index contributed by atoms with van der Waals surface area (Å²) in [5.41, 5.74) is 6.57. The number of methoxy groups -OCH3 is 1. The van der Waals surface area contributed by atoms with Crippen molar-refractivity contribution in [3.8, 4) is 5.75 Å². The van der Waals surface area contributed by atoms with Gasteiger partial charge in [-0.05, 0) is 108 Å². The smallest absolute Gasteiger partial charge is 0.269 e. The highest BCUT2D eigenvalue weighted by atomic mass is 127. The lowest BCUT2D eigenvalue weighted by Gasteiger charge is -2.45. The fraction of sp³-hybridized carbons (Fsp3) is 0.486. The third-order valence-corrected chi connectivity index (χ3v) is 9.81. The molecule has 0 fully saturated rings. The molecule has 234 valence electrons. The van der Waals surface area contributed by atoms with Gasteiger partial charge in [-0.25, -0.2) is 0 Å². The molecule has 3 rings (SSSR count). The van der Waals surface area contributed by atoms with Crippen molar-refractivity contribution in [3.63, 3.8) is 0 Å². The van der Waals surface area contributed by atoms with Crippen LogP contribution in [0.5, 0.6) is 5.75 Å². The molecule has 1 N–H and O–H groups in total. The van der Waals surface area contributed by atoms with E-state index in [1.165, 1.54) is 23.3 Å². The molecule has 2 aromatic carbocycles. The Bertz CT molecular complexity index is 1280. The number of non-ortho nitro benzene ring substituents is 1. The molecule has 0 unspecified atom stereocenters. The van der Waals surface area contributed by atoms with Crippen molar-refractivity contribution in [2.24, 2.45) is 11.3 Å². The van der Waals surface area contributed by atoms with Crippen molar-refractivity contribution < 1.29 is 24.2 Å². The molecule has 0 spiro atoms. The van der Waals surface area contributed by atoms with Gasteiger partial charge >= 0.3 is 0 Å². The average molecular weight is 704 g/mol. The number of halogens is 1. The Balaban J connectivity index is 1.80. The van der Waals surface area contributed by atoms with Gasteiger partial charge in [0.1, 0.15) is 5.75 Å². The summed E-state index contributed by atoms with van der Waals surface area (Å²) in [6, 6.07) is 14.3. The molecular formula is C35H46INO6. The van der Waals surface area contributed by atoms with E-state index in [1.807, 2.05) is 24.3 Å². The summed E-state index contributed by atoms with van der Waals surface area (Å²) in [6.45, 7) is 10.4. The van der Waals surface area contributed by atoms with Crippen LogP contribution >= 0.6 is 22.6 Å². The van der Waals surface area contributed by atoms with Gasteiger partial charge in [0.15, 0.2) is 0 Å². The van der Waals surface area contributed by atoms with Crippen LogP contribution in [-0.4, -0.2) is 36.5 Å². The van der Waals surface area contributed by atoms with E-state index in [0.29, 0.717) is 26.2 Å². The van der Waals surface area contributed by atoms with Gasteiger partial charge in [0.25, 0.3) is 5.69 Å². The Morgan fingerprint density at radius 3 is 2.19 bits per heavy atom. The van der Waals surface area contributed by atoms with E-state index in [0.717, 1.165) is 53.7 Å². The van der Waals surface area contributed by atoms with Crippen LogP contribution in [0.1, 0.15) is 70.9 Å². The number of nitro benzene ring substituents is 1. The number of aliphatic hydroxyl groups is 1. The number of benzene rings is 2. The Kier molecular flexibility index (Phi) is 13.9. The van der Waals surface area contributed by atoms with Gasteiger partial charge in [-0.15, -0.1) is 0 Å². The quantitative estimate of drug-likeness (QED) is 0.0813. The molecule has 0 aliphatic heterocycles. The van der Waals surface area contributed by atoms with Crippen molar-refractivity contribution >= 4 is 28.3 Å². The molecule has 8 heteroatoms. The highest BCUT2D eigenvalue weighted by molar-refractivity contribution is 14.1. The fourth-order valence-corrected chi connectivity index (χ4v) is 5.90. The van der Waals surface area contributed by atoms with Gasteiger partial charge in [-0.3, -0.25) is 10.1 Å². The van der Waals surface area contributed by atoms with Crippen LogP contribution in [0, 0.1) is 21.4 Å². The number of nitro groups is 1. The first-order valence-corrected chi connectivity index (χ1v) is 16.2. The summed E-state index contributed by atoms with van der Waals surface area (Å²) >= 11 is 2.30. The van der Waals surface area contributed by atoms with Gasteiger partial charge in [-0.2, -0.15) is 0 Å². The summed E-state index contributed by atoms with van der Waals surface area (Å²) in [5.74, 6) is 1.07. The first-order chi connectivity index (χ1) is 20.6. The van der Waals surface area contributed by atoms with Gasteiger partial charge in [0, 0.05) is 12.1 Å². The summed E-state index contributed by atoms with van der Waals surface area (Å²) in [6.07, 6.45) is 6.45.